The topological polar surface area (TPSA) is 85.8 Å². The molecule has 2 bridgehead atoms. The van der Waals surface area contributed by atoms with Gasteiger partial charge in [-0.05, 0) is 12.5 Å². The molecule has 2 N–H and O–H groups in total. The van der Waals surface area contributed by atoms with E-state index >= 15 is 0 Å². The summed E-state index contributed by atoms with van der Waals surface area (Å²) in [6.45, 7) is 1.44. The van der Waals surface area contributed by atoms with Crippen molar-refractivity contribution in [3.8, 4) is 0 Å². The maximum Gasteiger partial charge on any atom is 0.256 e. The predicted octanol–water partition coefficient (Wildman–Crippen LogP) is -0.194. The first-order valence-electron chi connectivity index (χ1n) is 6.25. The summed E-state index contributed by atoms with van der Waals surface area (Å²) in [5, 5.41) is 4.46. The fourth-order valence-electron chi connectivity index (χ4n) is 2.96. The average molecular weight is 259 g/mol. The number of morpholine rings is 1. The van der Waals surface area contributed by atoms with Crippen LogP contribution in [0.25, 0.3) is 5.65 Å². The van der Waals surface area contributed by atoms with Gasteiger partial charge in [-0.25, -0.2) is 9.50 Å². The third-order valence-corrected chi connectivity index (χ3v) is 3.80. The van der Waals surface area contributed by atoms with E-state index in [0.29, 0.717) is 23.6 Å². The van der Waals surface area contributed by atoms with E-state index in [1.807, 2.05) is 0 Å². The molecule has 0 aliphatic carbocycles. The van der Waals surface area contributed by atoms with Crippen LogP contribution in [0, 0.1) is 0 Å². The number of carbonyl (C=O) groups excluding carboxylic acids is 1. The minimum atomic E-state index is -0.493. The lowest BCUT2D eigenvalue weighted by Crippen LogP contribution is -2.38. The van der Waals surface area contributed by atoms with Crippen molar-refractivity contribution in [2.24, 2.45) is 5.73 Å². The molecule has 0 saturated carbocycles. The molecular weight excluding hydrogens is 246 g/mol. The zero-order chi connectivity index (χ0) is 13.0. The molecule has 0 radical (unpaired) electrons. The number of hydrogen-bond acceptors (Lipinski definition) is 5. The molecule has 2 aliphatic rings. The number of nitrogens with zero attached hydrogens (tertiary/aromatic N) is 4. The Hall–Kier alpha value is -2.15. The van der Waals surface area contributed by atoms with Gasteiger partial charge in [-0.2, -0.15) is 0 Å². The quantitative estimate of drug-likeness (QED) is 0.807. The van der Waals surface area contributed by atoms with Gasteiger partial charge in [0.25, 0.3) is 5.91 Å². The zero-order valence-electron chi connectivity index (χ0n) is 10.2. The van der Waals surface area contributed by atoms with Crippen LogP contribution >= 0.6 is 0 Å². The predicted molar refractivity (Wildman–Crippen MR) is 67.0 cm³/mol. The average Bonchev–Trinajstić information content (AvgIpc) is 3.10. The van der Waals surface area contributed by atoms with Gasteiger partial charge in [0.05, 0.1) is 18.8 Å². The van der Waals surface area contributed by atoms with E-state index < -0.39 is 5.91 Å². The Balaban J connectivity index is 1.89. The summed E-state index contributed by atoms with van der Waals surface area (Å²) in [7, 11) is 0. The third kappa shape index (κ3) is 1.45. The summed E-state index contributed by atoms with van der Waals surface area (Å²) in [4.78, 5) is 18.0. The Labute approximate surface area is 109 Å². The van der Waals surface area contributed by atoms with E-state index in [-0.39, 0.29) is 12.1 Å². The monoisotopic (exact) mass is 259 g/mol. The molecule has 0 aromatic carbocycles. The van der Waals surface area contributed by atoms with Crippen LogP contribution < -0.4 is 10.6 Å². The Morgan fingerprint density at radius 2 is 2.42 bits per heavy atom. The minimum Gasteiger partial charge on any atom is -0.374 e. The Bertz CT molecular complexity index is 667. The standard InChI is InChI=1S/C12H13N5O2/c13-10(18)9-11-14-2-1-3-17(11)15-12(9)16-5-8-4-7(16)6-19-8/h1-3,7-8H,4-6H2,(H2,13,18)/t7-,8-/m1/s1. The number of primary amides is 1. The Morgan fingerprint density at radius 1 is 1.53 bits per heavy atom. The van der Waals surface area contributed by atoms with Crippen LogP contribution in [-0.4, -0.2) is 45.8 Å². The molecule has 7 nitrogen and oxygen atoms in total. The highest BCUT2D eigenvalue weighted by Crippen LogP contribution is 2.34. The molecule has 2 atom stereocenters. The molecular formula is C12H13N5O2. The highest BCUT2D eigenvalue weighted by molar-refractivity contribution is 6.03. The molecule has 2 aromatic rings. The van der Waals surface area contributed by atoms with Crippen molar-refractivity contribution >= 4 is 17.4 Å². The minimum absolute atomic E-state index is 0.239. The van der Waals surface area contributed by atoms with Crippen LogP contribution in [0.2, 0.25) is 0 Å². The van der Waals surface area contributed by atoms with E-state index in [1.165, 1.54) is 0 Å². The molecule has 2 aliphatic heterocycles. The lowest BCUT2D eigenvalue weighted by molar-refractivity contribution is 0.0973. The normalized spacial score (nSPS) is 25.4. The number of nitrogens with two attached hydrogens (primary N) is 1. The van der Waals surface area contributed by atoms with Crippen molar-refractivity contribution in [3.63, 3.8) is 0 Å². The van der Waals surface area contributed by atoms with Crippen LogP contribution in [0.5, 0.6) is 0 Å². The van der Waals surface area contributed by atoms with Gasteiger partial charge in [-0.15, -0.1) is 5.10 Å². The second-order valence-electron chi connectivity index (χ2n) is 4.95. The van der Waals surface area contributed by atoms with Gasteiger partial charge in [0.1, 0.15) is 5.56 Å². The van der Waals surface area contributed by atoms with Crippen LogP contribution in [0.15, 0.2) is 18.5 Å². The van der Waals surface area contributed by atoms with E-state index in [9.17, 15) is 4.79 Å². The van der Waals surface area contributed by atoms with Crippen molar-refractivity contribution in [1.82, 2.24) is 14.6 Å². The molecule has 98 valence electrons. The summed E-state index contributed by atoms with van der Waals surface area (Å²) < 4.78 is 7.17. The second kappa shape index (κ2) is 3.67. The van der Waals surface area contributed by atoms with Crippen LogP contribution in [0.4, 0.5) is 5.82 Å². The number of rotatable bonds is 2. The number of aromatic nitrogens is 3. The summed E-state index contributed by atoms with van der Waals surface area (Å²) in [5.41, 5.74) is 6.41. The van der Waals surface area contributed by atoms with Gasteiger partial charge < -0.3 is 15.4 Å². The SMILES string of the molecule is NC(=O)c1c(N2C[C@H]3C[C@@H]2CO3)nn2cccnc12. The smallest absolute Gasteiger partial charge is 0.256 e. The molecule has 2 aromatic heterocycles. The highest BCUT2D eigenvalue weighted by Gasteiger charge is 2.41. The van der Waals surface area contributed by atoms with Crippen molar-refractivity contribution < 1.29 is 9.53 Å². The van der Waals surface area contributed by atoms with Crippen molar-refractivity contribution in [2.45, 2.75) is 18.6 Å². The summed E-state index contributed by atoms with van der Waals surface area (Å²) in [6.07, 6.45) is 4.62. The molecule has 7 heteroatoms. The lowest BCUT2D eigenvalue weighted by Gasteiger charge is -2.27. The maximum absolute atomic E-state index is 11.7. The van der Waals surface area contributed by atoms with E-state index in [0.717, 1.165) is 13.0 Å². The number of anilines is 1. The Morgan fingerprint density at radius 3 is 3.11 bits per heavy atom. The van der Waals surface area contributed by atoms with E-state index in [1.54, 1.807) is 23.0 Å². The van der Waals surface area contributed by atoms with Gasteiger partial charge in [0.2, 0.25) is 0 Å². The summed E-state index contributed by atoms with van der Waals surface area (Å²) in [6, 6.07) is 2.06. The fourth-order valence-corrected chi connectivity index (χ4v) is 2.96. The molecule has 4 rings (SSSR count). The number of hydrogen-bond donors (Lipinski definition) is 1. The van der Waals surface area contributed by atoms with Crippen LogP contribution in [0.3, 0.4) is 0 Å². The third-order valence-electron chi connectivity index (χ3n) is 3.80. The van der Waals surface area contributed by atoms with Crippen LogP contribution in [0.1, 0.15) is 16.8 Å². The number of carbonyl (C=O) groups is 1. The van der Waals surface area contributed by atoms with Gasteiger partial charge in [-0.1, -0.05) is 0 Å². The fraction of sp³-hybridized carbons (Fsp3) is 0.417. The van der Waals surface area contributed by atoms with E-state index in [4.69, 9.17) is 10.5 Å². The number of fused-ring (bicyclic) bond motifs is 3. The second-order valence-corrected chi connectivity index (χ2v) is 4.95. The van der Waals surface area contributed by atoms with E-state index in [2.05, 4.69) is 15.0 Å². The first kappa shape index (κ1) is 10.7. The molecule has 4 heterocycles. The lowest BCUT2D eigenvalue weighted by atomic mass is 10.2. The van der Waals surface area contributed by atoms with Gasteiger partial charge in [-0.3, -0.25) is 4.79 Å². The summed E-state index contributed by atoms with van der Waals surface area (Å²) >= 11 is 0. The highest BCUT2D eigenvalue weighted by atomic mass is 16.5. The largest absolute Gasteiger partial charge is 0.374 e. The Kier molecular flexibility index (Phi) is 2.08. The maximum atomic E-state index is 11.7. The number of amides is 1. The molecule has 0 unspecified atom stereocenters. The molecule has 1 amide bonds. The number of ether oxygens (including phenoxy) is 1. The van der Waals surface area contributed by atoms with Gasteiger partial charge >= 0.3 is 0 Å². The molecule has 2 fully saturated rings. The van der Waals surface area contributed by atoms with Gasteiger partial charge in [0, 0.05) is 18.9 Å². The van der Waals surface area contributed by atoms with Crippen LogP contribution in [-0.2, 0) is 4.74 Å². The molecule has 2 saturated heterocycles. The summed E-state index contributed by atoms with van der Waals surface area (Å²) in [5.74, 6) is 0.134. The van der Waals surface area contributed by atoms with Crippen molar-refractivity contribution in [2.75, 3.05) is 18.1 Å². The van der Waals surface area contributed by atoms with Crippen molar-refractivity contribution in [1.29, 1.82) is 0 Å². The van der Waals surface area contributed by atoms with Gasteiger partial charge in [0.15, 0.2) is 11.5 Å². The first-order valence-corrected chi connectivity index (χ1v) is 6.25. The zero-order valence-corrected chi connectivity index (χ0v) is 10.2. The van der Waals surface area contributed by atoms with Crippen molar-refractivity contribution in [3.05, 3.63) is 24.0 Å². The first-order chi connectivity index (χ1) is 9.24. The molecule has 0 spiro atoms. The molecule has 19 heavy (non-hydrogen) atoms.